The van der Waals surface area contributed by atoms with E-state index in [1.54, 1.807) is 6.07 Å². The predicted octanol–water partition coefficient (Wildman–Crippen LogP) is 2.65. The molecular weight excluding hydrogens is 250 g/mol. The third-order valence-corrected chi connectivity index (χ3v) is 3.58. The van der Waals surface area contributed by atoms with Crippen LogP contribution in [-0.4, -0.2) is 15.7 Å². The monoisotopic (exact) mass is 265 g/mol. The largest absolute Gasteiger partial charge is 0.366 e. The van der Waals surface area contributed by atoms with Crippen LogP contribution in [0.4, 0.5) is 0 Å². The van der Waals surface area contributed by atoms with Crippen molar-refractivity contribution in [2.45, 2.75) is 6.92 Å². The minimum atomic E-state index is -0.409. The highest BCUT2D eigenvalue weighted by Crippen LogP contribution is 2.27. The van der Waals surface area contributed by atoms with Gasteiger partial charge in [0.25, 0.3) is 0 Å². The molecule has 100 valence electrons. The molecule has 0 atom stereocenters. The van der Waals surface area contributed by atoms with Crippen LogP contribution in [0.25, 0.3) is 22.0 Å². The van der Waals surface area contributed by atoms with E-state index in [-0.39, 0.29) is 0 Å². The molecule has 0 bridgehead atoms. The van der Waals surface area contributed by atoms with E-state index in [2.05, 4.69) is 11.2 Å². The molecule has 0 fully saturated rings. The molecule has 2 aromatic carbocycles. The SMILES string of the molecule is Cc1ccc(C(N)=O)cc1-c1ccc2c(cnn2C)c1. The lowest BCUT2D eigenvalue weighted by atomic mass is 9.97. The summed E-state index contributed by atoms with van der Waals surface area (Å²) in [5.74, 6) is -0.409. The second-order valence-corrected chi connectivity index (χ2v) is 4.94. The van der Waals surface area contributed by atoms with Crippen LogP contribution in [0, 0.1) is 6.92 Å². The molecule has 1 heterocycles. The molecule has 0 saturated carbocycles. The Hall–Kier alpha value is -2.62. The lowest BCUT2D eigenvalue weighted by molar-refractivity contribution is 0.100. The smallest absolute Gasteiger partial charge is 0.248 e. The second kappa shape index (κ2) is 4.49. The van der Waals surface area contributed by atoms with Crippen LogP contribution >= 0.6 is 0 Å². The number of rotatable bonds is 2. The molecule has 3 aromatic rings. The van der Waals surface area contributed by atoms with Gasteiger partial charge in [-0.15, -0.1) is 0 Å². The van der Waals surface area contributed by atoms with E-state index in [0.717, 1.165) is 27.6 Å². The van der Waals surface area contributed by atoms with Gasteiger partial charge >= 0.3 is 0 Å². The average Bonchev–Trinajstić information content (AvgIpc) is 2.80. The molecule has 0 radical (unpaired) electrons. The van der Waals surface area contributed by atoms with E-state index in [1.165, 1.54) is 0 Å². The predicted molar refractivity (Wildman–Crippen MR) is 79.4 cm³/mol. The van der Waals surface area contributed by atoms with Crippen molar-refractivity contribution in [1.82, 2.24) is 9.78 Å². The van der Waals surface area contributed by atoms with E-state index >= 15 is 0 Å². The van der Waals surface area contributed by atoms with Gasteiger partial charge in [0.05, 0.1) is 11.7 Å². The zero-order chi connectivity index (χ0) is 14.3. The zero-order valence-corrected chi connectivity index (χ0v) is 11.4. The van der Waals surface area contributed by atoms with Gasteiger partial charge in [0.2, 0.25) is 5.91 Å². The van der Waals surface area contributed by atoms with Crippen LogP contribution in [0.1, 0.15) is 15.9 Å². The number of hydrogen-bond donors (Lipinski definition) is 1. The van der Waals surface area contributed by atoms with Gasteiger partial charge in [-0.3, -0.25) is 9.48 Å². The molecule has 0 aliphatic heterocycles. The standard InChI is InChI=1S/C16H15N3O/c1-10-3-4-12(16(17)20)8-14(10)11-5-6-15-13(7-11)9-18-19(15)2/h3-9H,1-2H3,(H2,17,20). The quantitative estimate of drug-likeness (QED) is 0.774. The first kappa shape index (κ1) is 12.4. The first-order chi connectivity index (χ1) is 9.56. The topological polar surface area (TPSA) is 60.9 Å². The summed E-state index contributed by atoms with van der Waals surface area (Å²) >= 11 is 0. The summed E-state index contributed by atoms with van der Waals surface area (Å²) in [6, 6.07) is 11.7. The first-order valence-electron chi connectivity index (χ1n) is 6.39. The number of aromatic nitrogens is 2. The average molecular weight is 265 g/mol. The molecule has 3 rings (SSSR count). The van der Waals surface area contributed by atoms with Crippen LogP contribution in [0.2, 0.25) is 0 Å². The Morgan fingerprint density at radius 2 is 2.00 bits per heavy atom. The van der Waals surface area contributed by atoms with Crippen molar-refractivity contribution in [1.29, 1.82) is 0 Å². The van der Waals surface area contributed by atoms with Gasteiger partial charge < -0.3 is 5.73 Å². The molecule has 4 nitrogen and oxygen atoms in total. The maximum absolute atomic E-state index is 11.3. The Morgan fingerprint density at radius 1 is 1.20 bits per heavy atom. The first-order valence-corrected chi connectivity index (χ1v) is 6.39. The van der Waals surface area contributed by atoms with E-state index in [9.17, 15) is 4.79 Å². The highest BCUT2D eigenvalue weighted by atomic mass is 16.1. The lowest BCUT2D eigenvalue weighted by Crippen LogP contribution is -2.10. The molecule has 20 heavy (non-hydrogen) atoms. The fourth-order valence-corrected chi connectivity index (χ4v) is 2.42. The van der Waals surface area contributed by atoms with Gasteiger partial charge in [-0.05, 0) is 47.9 Å². The van der Waals surface area contributed by atoms with Gasteiger partial charge in [-0.1, -0.05) is 12.1 Å². The van der Waals surface area contributed by atoms with Gasteiger partial charge in [-0.25, -0.2) is 0 Å². The number of hydrogen-bond acceptors (Lipinski definition) is 2. The summed E-state index contributed by atoms with van der Waals surface area (Å²) in [6.45, 7) is 2.02. The molecule has 0 unspecified atom stereocenters. The summed E-state index contributed by atoms with van der Waals surface area (Å²) in [5, 5.41) is 5.32. The Labute approximate surface area is 116 Å². The Kier molecular flexibility index (Phi) is 2.79. The number of carbonyl (C=O) groups is 1. The number of amides is 1. The maximum atomic E-state index is 11.3. The van der Waals surface area contributed by atoms with Gasteiger partial charge in [0.15, 0.2) is 0 Å². The van der Waals surface area contributed by atoms with Crippen molar-refractivity contribution in [2.24, 2.45) is 12.8 Å². The van der Waals surface area contributed by atoms with Gasteiger partial charge in [-0.2, -0.15) is 5.10 Å². The summed E-state index contributed by atoms with van der Waals surface area (Å²) in [5.41, 5.74) is 10.1. The number of fused-ring (bicyclic) bond motifs is 1. The molecular formula is C16H15N3O. The van der Waals surface area contributed by atoms with Crippen LogP contribution in [-0.2, 0) is 7.05 Å². The van der Waals surface area contributed by atoms with Crippen LogP contribution in [0.15, 0.2) is 42.6 Å². The summed E-state index contributed by atoms with van der Waals surface area (Å²) in [4.78, 5) is 11.3. The molecule has 1 amide bonds. The number of primary amides is 1. The van der Waals surface area contributed by atoms with Gasteiger partial charge in [0, 0.05) is 18.0 Å². The van der Waals surface area contributed by atoms with Crippen molar-refractivity contribution in [3.8, 4) is 11.1 Å². The Bertz CT molecular complexity index is 818. The lowest BCUT2D eigenvalue weighted by Gasteiger charge is -2.08. The van der Waals surface area contributed by atoms with E-state index in [1.807, 2.05) is 49.1 Å². The summed E-state index contributed by atoms with van der Waals surface area (Å²) in [6.07, 6.45) is 1.84. The number of nitrogens with zero attached hydrogens (tertiary/aromatic N) is 2. The normalized spacial score (nSPS) is 10.9. The van der Waals surface area contributed by atoms with Crippen LogP contribution < -0.4 is 5.73 Å². The van der Waals surface area contributed by atoms with Crippen molar-refractivity contribution in [3.63, 3.8) is 0 Å². The number of nitrogens with two attached hydrogens (primary N) is 1. The highest BCUT2D eigenvalue weighted by molar-refractivity contribution is 5.95. The zero-order valence-electron chi connectivity index (χ0n) is 11.4. The maximum Gasteiger partial charge on any atom is 0.248 e. The molecule has 0 spiro atoms. The fraction of sp³-hybridized carbons (Fsp3) is 0.125. The molecule has 0 saturated heterocycles. The number of carbonyl (C=O) groups excluding carboxylic acids is 1. The fourth-order valence-electron chi connectivity index (χ4n) is 2.42. The van der Waals surface area contributed by atoms with E-state index < -0.39 is 5.91 Å². The van der Waals surface area contributed by atoms with Crippen molar-refractivity contribution in [2.75, 3.05) is 0 Å². The Balaban J connectivity index is 2.19. The van der Waals surface area contributed by atoms with Gasteiger partial charge in [0.1, 0.15) is 0 Å². The van der Waals surface area contributed by atoms with Crippen molar-refractivity contribution >= 4 is 16.8 Å². The molecule has 2 N–H and O–H groups in total. The second-order valence-electron chi connectivity index (χ2n) is 4.94. The molecule has 0 aliphatic carbocycles. The van der Waals surface area contributed by atoms with Crippen LogP contribution in [0.5, 0.6) is 0 Å². The number of benzene rings is 2. The molecule has 1 aromatic heterocycles. The third kappa shape index (κ3) is 1.95. The minimum absolute atomic E-state index is 0.409. The number of aryl methyl sites for hydroxylation is 2. The molecule has 0 aliphatic rings. The highest BCUT2D eigenvalue weighted by Gasteiger charge is 2.08. The van der Waals surface area contributed by atoms with Crippen molar-refractivity contribution in [3.05, 3.63) is 53.7 Å². The van der Waals surface area contributed by atoms with E-state index in [0.29, 0.717) is 5.56 Å². The third-order valence-electron chi connectivity index (χ3n) is 3.58. The van der Waals surface area contributed by atoms with E-state index in [4.69, 9.17) is 5.73 Å². The molecule has 4 heteroatoms. The van der Waals surface area contributed by atoms with Crippen molar-refractivity contribution < 1.29 is 4.79 Å². The minimum Gasteiger partial charge on any atom is -0.366 e. The summed E-state index contributed by atoms with van der Waals surface area (Å²) in [7, 11) is 1.92. The summed E-state index contributed by atoms with van der Waals surface area (Å²) < 4.78 is 1.84. The van der Waals surface area contributed by atoms with Crippen LogP contribution in [0.3, 0.4) is 0 Å². The Morgan fingerprint density at radius 3 is 2.75 bits per heavy atom.